The number of benzene rings is 1. The zero-order valence-electron chi connectivity index (χ0n) is 6.08. The first kappa shape index (κ1) is 13.5. The van der Waals surface area contributed by atoms with Gasteiger partial charge in [0.1, 0.15) is 0 Å². The third kappa shape index (κ3) is 3.38. The van der Waals surface area contributed by atoms with E-state index in [1.165, 1.54) is 12.1 Å². The number of carboxylic acid groups (broad SMARTS) is 1. The molecule has 5 heteroatoms. The van der Waals surface area contributed by atoms with Crippen LogP contribution in [0.25, 0.3) is 0 Å². The van der Waals surface area contributed by atoms with E-state index in [1.807, 2.05) is 0 Å². The first-order valence-corrected chi connectivity index (χ1v) is 2.79. The van der Waals surface area contributed by atoms with Gasteiger partial charge in [0, 0.05) is 22.5 Å². The third-order valence-electron chi connectivity index (χ3n) is 1.16. The number of hydrogen-bond acceptors (Lipinski definition) is 2. The second-order valence-corrected chi connectivity index (χ2v) is 1.93. The second kappa shape index (κ2) is 5.59. The van der Waals surface area contributed by atoms with E-state index in [2.05, 4.69) is 0 Å². The smallest absolute Gasteiger partial charge is 0.335 e. The molecule has 0 unspecified atom stereocenters. The second-order valence-electron chi connectivity index (χ2n) is 1.93. The van der Waals surface area contributed by atoms with Crippen LogP contribution in [0.1, 0.15) is 10.4 Å². The van der Waals surface area contributed by atoms with Crippen molar-refractivity contribution in [2.24, 2.45) is 0 Å². The Labute approximate surface area is 79.9 Å². The Kier molecular flexibility index (Phi) is 6.30. The zero-order chi connectivity index (χ0) is 7.56. The van der Waals surface area contributed by atoms with Crippen LogP contribution < -0.4 is 5.73 Å². The number of carboxylic acids is 1. The van der Waals surface area contributed by atoms with Crippen LogP contribution >= 0.6 is 0 Å². The molecule has 12 heavy (non-hydrogen) atoms. The number of aromatic carboxylic acids is 1. The number of carbonyl (C=O) groups is 1. The molecule has 0 amide bonds. The van der Waals surface area contributed by atoms with Crippen LogP contribution in [0.15, 0.2) is 24.3 Å². The van der Waals surface area contributed by atoms with Crippen molar-refractivity contribution in [2.45, 2.75) is 0 Å². The van der Waals surface area contributed by atoms with E-state index in [-0.39, 0.29) is 27.8 Å². The quantitative estimate of drug-likeness (QED) is 0.651. The molecule has 0 aliphatic heterocycles. The molecule has 69 valence electrons. The van der Waals surface area contributed by atoms with Crippen molar-refractivity contribution in [1.29, 1.82) is 0 Å². The van der Waals surface area contributed by atoms with Crippen LogP contribution in [0.4, 0.5) is 5.69 Å². The molecule has 0 heterocycles. The van der Waals surface area contributed by atoms with Crippen LogP contribution in [0.5, 0.6) is 0 Å². The Morgan fingerprint density at radius 2 is 1.67 bits per heavy atom. The molecule has 0 fully saturated rings. The first-order valence-electron chi connectivity index (χ1n) is 2.79. The minimum Gasteiger partial charge on any atom is -0.478 e. The molecule has 0 bridgehead atoms. The van der Waals surface area contributed by atoms with Gasteiger partial charge in [-0.2, -0.15) is 0 Å². The zero-order valence-corrected chi connectivity index (χ0v) is 7.12. The van der Waals surface area contributed by atoms with Gasteiger partial charge in [-0.3, -0.25) is 0 Å². The fourth-order valence-electron chi connectivity index (χ4n) is 0.626. The molecule has 0 aliphatic rings. The van der Waals surface area contributed by atoms with Gasteiger partial charge in [0.15, 0.2) is 0 Å². The van der Waals surface area contributed by atoms with Crippen LogP contribution in [0.2, 0.25) is 0 Å². The van der Waals surface area contributed by atoms with Gasteiger partial charge in [-0.1, -0.05) is 0 Å². The summed E-state index contributed by atoms with van der Waals surface area (Å²) in [4.78, 5) is 10.3. The van der Waals surface area contributed by atoms with E-state index in [4.69, 9.17) is 10.8 Å². The summed E-state index contributed by atoms with van der Waals surface area (Å²) in [5.74, 6) is -0.931. The van der Waals surface area contributed by atoms with E-state index in [9.17, 15) is 4.79 Å². The first-order chi connectivity index (χ1) is 4.70. The van der Waals surface area contributed by atoms with Gasteiger partial charge in [0.25, 0.3) is 0 Å². The SMILES string of the molecule is Nc1ccc(C(=O)O)cc1.O.[Co]. The predicted molar refractivity (Wildman–Crippen MR) is 41.4 cm³/mol. The molecule has 0 aromatic heterocycles. The Morgan fingerprint density at radius 3 is 2.00 bits per heavy atom. The Hall–Kier alpha value is -1.04. The summed E-state index contributed by atoms with van der Waals surface area (Å²) in [6, 6.07) is 6.06. The van der Waals surface area contributed by atoms with Gasteiger partial charge < -0.3 is 16.3 Å². The summed E-state index contributed by atoms with van der Waals surface area (Å²) in [5.41, 5.74) is 6.17. The number of anilines is 1. The van der Waals surface area contributed by atoms with Crippen LogP contribution in [-0.4, -0.2) is 16.6 Å². The van der Waals surface area contributed by atoms with Gasteiger partial charge in [-0.25, -0.2) is 4.79 Å². The molecule has 0 saturated carbocycles. The van der Waals surface area contributed by atoms with Crippen LogP contribution in [-0.2, 0) is 16.8 Å². The molecule has 4 nitrogen and oxygen atoms in total. The van der Waals surface area contributed by atoms with Gasteiger partial charge >= 0.3 is 5.97 Å². The minimum atomic E-state index is -0.931. The van der Waals surface area contributed by atoms with Gasteiger partial charge in [-0.15, -0.1) is 0 Å². The average molecular weight is 214 g/mol. The summed E-state index contributed by atoms with van der Waals surface area (Å²) in [6.07, 6.45) is 0. The van der Waals surface area contributed by atoms with Crippen LogP contribution in [0, 0.1) is 0 Å². The minimum absolute atomic E-state index is 0. The normalized spacial score (nSPS) is 7.67. The van der Waals surface area contributed by atoms with E-state index in [0.717, 1.165) is 0 Å². The van der Waals surface area contributed by atoms with Crippen molar-refractivity contribution in [3.63, 3.8) is 0 Å². The topological polar surface area (TPSA) is 94.8 Å². The van der Waals surface area contributed by atoms with Crippen molar-refractivity contribution in [3.05, 3.63) is 29.8 Å². The fourth-order valence-corrected chi connectivity index (χ4v) is 0.626. The standard InChI is InChI=1S/C7H7NO2.Co.H2O/c8-6-3-1-5(2-4-6)7(9)10;;/h1-4H,8H2,(H,9,10);;1H2. The summed E-state index contributed by atoms with van der Waals surface area (Å²) in [5, 5.41) is 8.43. The number of rotatable bonds is 1. The summed E-state index contributed by atoms with van der Waals surface area (Å²) in [7, 11) is 0. The van der Waals surface area contributed by atoms with Crippen molar-refractivity contribution >= 4 is 11.7 Å². The van der Waals surface area contributed by atoms with Crippen molar-refractivity contribution < 1.29 is 32.2 Å². The number of nitrogen functional groups attached to an aromatic ring is 1. The van der Waals surface area contributed by atoms with Crippen LogP contribution in [0.3, 0.4) is 0 Å². The number of nitrogens with two attached hydrogens (primary N) is 1. The van der Waals surface area contributed by atoms with E-state index in [1.54, 1.807) is 12.1 Å². The molecule has 0 atom stereocenters. The summed E-state index contributed by atoms with van der Waals surface area (Å²) in [6.45, 7) is 0. The molecule has 1 radical (unpaired) electrons. The number of hydrogen-bond donors (Lipinski definition) is 2. The summed E-state index contributed by atoms with van der Waals surface area (Å²) < 4.78 is 0. The Bertz CT molecular complexity index is 247. The van der Waals surface area contributed by atoms with Gasteiger partial charge in [-0.05, 0) is 24.3 Å². The van der Waals surface area contributed by atoms with Crippen molar-refractivity contribution in [3.8, 4) is 0 Å². The fraction of sp³-hybridized carbons (Fsp3) is 0. The molecule has 0 aliphatic carbocycles. The third-order valence-corrected chi connectivity index (χ3v) is 1.16. The van der Waals surface area contributed by atoms with Crippen molar-refractivity contribution in [2.75, 3.05) is 5.73 Å². The van der Waals surface area contributed by atoms with Crippen molar-refractivity contribution in [1.82, 2.24) is 0 Å². The maximum Gasteiger partial charge on any atom is 0.335 e. The molecule has 0 spiro atoms. The predicted octanol–water partition coefficient (Wildman–Crippen LogP) is 0.140. The molecule has 1 aromatic rings. The molecular weight excluding hydrogens is 205 g/mol. The van der Waals surface area contributed by atoms with E-state index >= 15 is 0 Å². The molecule has 5 N–H and O–H groups in total. The molecule has 0 saturated heterocycles. The van der Waals surface area contributed by atoms with E-state index in [0.29, 0.717) is 5.69 Å². The molecular formula is C7H9CoNO3. The molecule has 1 aromatic carbocycles. The Morgan fingerprint density at radius 1 is 1.25 bits per heavy atom. The van der Waals surface area contributed by atoms with Gasteiger partial charge in [0.05, 0.1) is 5.56 Å². The largest absolute Gasteiger partial charge is 0.478 e. The molecule has 1 rings (SSSR count). The maximum absolute atomic E-state index is 10.3. The van der Waals surface area contributed by atoms with E-state index < -0.39 is 5.97 Å². The van der Waals surface area contributed by atoms with Gasteiger partial charge in [0.2, 0.25) is 0 Å². The average Bonchev–Trinajstić information content (AvgIpc) is 1.88. The Balaban J connectivity index is 0. The summed E-state index contributed by atoms with van der Waals surface area (Å²) >= 11 is 0. The maximum atomic E-state index is 10.3. The monoisotopic (exact) mass is 214 g/mol.